The number of amides is 1. The van der Waals surface area contributed by atoms with Gasteiger partial charge < -0.3 is 10.4 Å². The minimum absolute atomic E-state index is 0.0294. The van der Waals surface area contributed by atoms with Crippen molar-refractivity contribution in [2.24, 2.45) is 5.92 Å². The Morgan fingerprint density at radius 3 is 2.65 bits per heavy atom. The zero-order valence-electron chi connectivity index (χ0n) is 9.65. The predicted molar refractivity (Wildman–Crippen MR) is 67.7 cm³/mol. The van der Waals surface area contributed by atoms with Gasteiger partial charge in [0.1, 0.15) is 6.04 Å². The molecule has 0 aromatic carbocycles. The molecule has 4 nitrogen and oxygen atoms in total. The van der Waals surface area contributed by atoms with E-state index in [4.69, 9.17) is 11.5 Å². The van der Waals surface area contributed by atoms with Crippen LogP contribution in [0.15, 0.2) is 0 Å². The molecule has 0 aliphatic carbocycles. The Morgan fingerprint density at radius 1 is 1.47 bits per heavy atom. The van der Waals surface area contributed by atoms with Gasteiger partial charge >= 0.3 is 5.97 Å². The van der Waals surface area contributed by atoms with E-state index in [1.165, 1.54) is 0 Å². The molecule has 1 fully saturated rings. The van der Waals surface area contributed by atoms with E-state index in [1.54, 1.807) is 0 Å². The van der Waals surface area contributed by atoms with E-state index in [-0.39, 0.29) is 12.3 Å². The molecular weight excluding hydrogens is 238 g/mol. The lowest BCUT2D eigenvalue weighted by atomic mass is 9.98. The number of carboxylic acid groups (broad SMARTS) is 1. The Hall–Kier alpha value is -1.15. The lowest BCUT2D eigenvalue weighted by molar-refractivity contribution is -0.141. The van der Waals surface area contributed by atoms with E-state index >= 15 is 0 Å². The van der Waals surface area contributed by atoms with E-state index in [0.29, 0.717) is 12.3 Å². The minimum atomic E-state index is -1.07. The van der Waals surface area contributed by atoms with Crippen molar-refractivity contribution in [2.45, 2.75) is 31.7 Å². The molecule has 1 unspecified atom stereocenters. The minimum Gasteiger partial charge on any atom is -0.480 e. The fourth-order valence-corrected chi connectivity index (χ4v) is 2.99. The highest BCUT2D eigenvalue weighted by Crippen LogP contribution is 2.25. The van der Waals surface area contributed by atoms with Crippen LogP contribution in [0.4, 0.5) is 0 Å². The second kappa shape index (κ2) is 7.23. The number of hydrogen-bond acceptors (Lipinski definition) is 3. The third-order valence-corrected chi connectivity index (χ3v) is 3.82. The zero-order chi connectivity index (χ0) is 12.7. The lowest BCUT2D eigenvalue weighted by Gasteiger charge is -2.21. The number of rotatable bonds is 5. The summed E-state index contributed by atoms with van der Waals surface area (Å²) in [6.07, 6.45) is 7.57. The van der Waals surface area contributed by atoms with Gasteiger partial charge in [0.25, 0.3) is 0 Å². The summed E-state index contributed by atoms with van der Waals surface area (Å²) in [6.45, 7) is 0. The molecule has 1 rings (SSSR count). The number of carboxylic acids is 1. The number of carbonyl (C=O) groups is 2. The molecule has 2 N–H and O–H groups in total. The van der Waals surface area contributed by atoms with Crippen molar-refractivity contribution in [1.82, 2.24) is 5.32 Å². The Balaban J connectivity index is 2.36. The van der Waals surface area contributed by atoms with Gasteiger partial charge in [-0.2, -0.15) is 11.8 Å². The van der Waals surface area contributed by atoms with Crippen molar-refractivity contribution in [3.63, 3.8) is 0 Å². The van der Waals surface area contributed by atoms with Crippen molar-refractivity contribution >= 4 is 23.6 Å². The molecule has 1 saturated heterocycles. The quantitative estimate of drug-likeness (QED) is 0.722. The third kappa shape index (κ3) is 5.14. The summed E-state index contributed by atoms with van der Waals surface area (Å²) in [5, 5.41) is 11.3. The van der Waals surface area contributed by atoms with E-state index in [0.717, 1.165) is 24.3 Å². The number of aliphatic carboxylic acids is 1. The molecule has 0 bridgehead atoms. The topological polar surface area (TPSA) is 66.4 Å². The summed E-state index contributed by atoms with van der Waals surface area (Å²) < 4.78 is 0. The van der Waals surface area contributed by atoms with Gasteiger partial charge in [-0.15, -0.1) is 12.3 Å². The molecule has 0 aromatic rings. The van der Waals surface area contributed by atoms with Crippen molar-refractivity contribution in [1.29, 1.82) is 0 Å². The van der Waals surface area contributed by atoms with Crippen molar-refractivity contribution in [3.8, 4) is 12.3 Å². The highest BCUT2D eigenvalue weighted by molar-refractivity contribution is 7.99. The summed E-state index contributed by atoms with van der Waals surface area (Å²) in [4.78, 5) is 22.5. The van der Waals surface area contributed by atoms with Gasteiger partial charge in [-0.05, 0) is 30.3 Å². The zero-order valence-corrected chi connectivity index (χ0v) is 10.5. The Morgan fingerprint density at radius 2 is 2.12 bits per heavy atom. The van der Waals surface area contributed by atoms with Crippen LogP contribution >= 0.6 is 11.8 Å². The smallest absolute Gasteiger partial charge is 0.327 e. The maximum Gasteiger partial charge on any atom is 0.327 e. The molecule has 0 spiro atoms. The molecule has 17 heavy (non-hydrogen) atoms. The number of nitrogens with one attached hydrogen (secondary N) is 1. The fourth-order valence-electron chi connectivity index (χ4n) is 1.78. The largest absolute Gasteiger partial charge is 0.480 e. The molecule has 0 aromatic heterocycles. The molecule has 1 heterocycles. The van der Waals surface area contributed by atoms with Gasteiger partial charge in [0.05, 0.1) is 0 Å². The first-order valence-corrected chi connectivity index (χ1v) is 6.82. The van der Waals surface area contributed by atoms with Crippen LogP contribution in [-0.2, 0) is 9.59 Å². The Bertz CT molecular complexity index is 318. The van der Waals surface area contributed by atoms with Crippen LogP contribution in [-0.4, -0.2) is 34.5 Å². The summed E-state index contributed by atoms with van der Waals surface area (Å²) in [5.74, 6) is 3.54. The fraction of sp³-hybridized carbons (Fsp3) is 0.667. The van der Waals surface area contributed by atoms with Gasteiger partial charge in [0, 0.05) is 12.8 Å². The molecule has 1 aliphatic heterocycles. The van der Waals surface area contributed by atoms with Crippen molar-refractivity contribution < 1.29 is 14.7 Å². The van der Waals surface area contributed by atoms with Gasteiger partial charge in [-0.1, -0.05) is 0 Å². The first-order chi connectivity index (χ1) is 8.13. The highest BCUT2D eigenvalue weighted by atomic mass is 32.2. The molecular formula is C12H17NO3S. The standard InChI is InChI=1S/C12H17NO3S/c1-2-3-10(12(15)16)13-11(14)8-9-4-6-17-7-5-9/h1,9-10H,3-8H2,(H,13,14)(H,15,16). The van der Waals surface area contributed by atoms with Gasteiger partial charge in [-0.25, -0.2) is 4.79 Å². The van der Waals surface area contributed by atoms with E-state index in [2.05, 4.69) is 11.2 Å². The first kappa shape index (κ1) is 13.9. The van der Waals surface area contributed by atoms with Crippen molar-refractivity contribution in [2.75, 3.05) is 11.5 Å². The monoisotopic (exact) mass is 255 g/mol. The van der Waals surface area contributed by atoms with Crippen LogP contribution in [0, 0.1) is 18.3 Å². The van der Waals surface area contributed by atoms with Gasteiger partial charge in [-0.3, -0.25) is 4.79 Å². The van der Waals surface area contributed by atoms with Crippen LogP contribution in [0.3, 0.4) is 0 Å². The second-order valence-electron chi connectivity index (χ2n) is 4.13. The summed E-state index contributed by atoms with van der Waals surface area (Å²) >= 11 is 1.90. The van der Waals surface area contributed by atoms with Crippen LogP contribution in [0.1, 0.15) is 25.7 Å². The molecule has 0 radical (unpaired) electrons. The normalized spacial score (nSPS) is 18.1. The number of carbonyl (C=O) groups excluding carboxylic acids is 1. The first-order valence-electron chi connectivity index (χ1n) is 5.67. The average Bonchev–Trinajstić information content (AvgIpc) is 2.29. The molecule has 5 heteroatoms. The Kier molecular flexibility index (Phi) is 5.92. The van der Waals surface area contributed by atoms with Crippen molar-refractivity contribution in [3.05, 3.63) is 0 Å². The number of hydrogen-bond donors (Lipinski definition) is 2. The maximum absolute atomic E-state index is 11.7. The SMILES string of the molecule is C#CCC(NC(=O)CC1CCSCC1)C(=O)O. The number of terminal acetylenes is 1. The maximum atomic E-state index is 11.7. The molecule has 1 amide bonds. The highest BCUT2D eigenvalue weighted by Gasteiger charge is 2.22. The van der Waals surface area contributed by atoms with E-state index < -0.39 is 12.0 Å². The molecule has 1 aliphatic rings. The molecule has 0 saturated carbocycles. The summed E-state index contributed by atoms with van der Waals surface area (Å²) in [7, 11) is 0. The van der Waals surface area contributed by atoms with E-state index in [9.17, 15) is 9.59 Å². The second-order valence-corrected chi connectivity index (χ2v) is 5.35. The number of thioether (sulfide) groups is 1. The average molecular weight is 255 g/mol. The van der Waals surface area contributed by atoms with Crippen LogP contribution < -0.4 is 5.32 Å². The molecule has 1 atom stereocenters. The third-order valence-electron chi connectivity index (χ3n) is 2.77. The van der Waals surface area contributed by atoms with Gasteiger partial charge in [0.15, 0.2) is 0 Å². The van der Waals surface area contributed by atoms with Crippen LogP contribution in [0.2, 0.25) is 0 Å². The van der Waals surface area contributed by atoms with Gasteiger partial charge in [0.2, 0.25) is 5.91 Å². The Labute approximate surface area is 106 Å². The van der Waals surface area contributed by atoms with Crippen LogP contribution in [0.5, 0.6) is 0 Å². The lowest BCUT2D eigenvalue weighted by Crippen LogP contribution is -2.41. The molecule has 94 valence electrons. The predicted octanol–water partition coefficient (Wildman–Crippen LogP) is 1.11. The van der Waals surface area contributed by atoms with E-state index in [1.807, 2.05) is 11.8 Å². The van der Waals surface area contributed by atoms with Crippen LogP contribution in [0.25, 0.3) is 0 Å². The summed E-state index contributed by atoms with van der Waals surface area (Å²) in [5.41, 5.74) is 0. The summed E-state index contributed by atoms with van der Waals surface area (Å²) in [6, 6.07) is -0.953.